The van der Waals surface area contributed by atoms with E-state index in [4.69, 9.17) is 11.6 Å². The maximum absolute atomic E-state index is 12.6. The molecule has 6 heteroatoms. The summed E-state index contributed by atoms with van der Waals surface area (Å²) in [5.41, 5.74) is 0.452. The highest BCUT2D eigenvalue weighted by atomic mass is 35.5. The second-order valence-electron chi connectivity index (χ2n) is 4.84. The second-order valence-corrected chi connectivity index (χ2v) is 5.34. The summed E-state index contributed by atoms with van der Waals surface area (Å²) in [5.74, 6) is 0. The summed E-state index contributed by atoms with van der Waals surface area (Å²) in [5, 5.41) is 9.88. The van der Waals surface area contributed by atoms with Crippen molar-refractivity contribution in [1.29, 1.82) is 0 Å². The van der Waals surface area contributed by atoms with Gasteiger partial charge in [0.25, 0.3) is 0 Å². The molecule has 1 unspecified atom stereocenters. The smallest absolute Gasteiger partial charge is 0.347 e. The minimum Gasteiger partial charge on any atom is -0.385 e. The van der Waals surface area contributed by atoms with Gasteiger partial charge in [0.2, 0.25) is 0 Å². The molecule has 1 aliphatic carbocycles. The lowest BCUT2D eigenvalue weighted by molar-refractivity contribution is -0.0402. The maximum Gasteiger partial charge on any atom is 0.347 e. The number of nitrogens with zero attached hydrogens (tertiary/aromatic N) is 2. The molecule has 0 amide bonds. The number of alkyl halides is 3. The van der Waals surface area contributed by atoms with Crippen LogP contribution in [0.5, 0.6) is 0 Å². The van der Waals surface area contributed by atoms with Crippen LogP contribution in [0, 0.1) is 0 Å². The van der Waals surface area contributed by atoms with Gasteiger partial charge >= 0.3 is 5.38 Å². The lowest BCUT2D eigenvalue weighted by Crippen LogP contribution is -2.29. The average molecular weight is 279 g/mol. The Morgan fingerprint density at radius 3 is 2.72 bits per heavy atom. The third kappa shape index (κ3) is 3.42. The Kier molecular flexibility index (Phi) is 4.22. The Balaban J connectivity index is 1.97. The van der Waals surface area contributed by atoms with Gasteiger partial charge in [-0.15, -0.1) is 0 Å². The standard InChI is InChI=1S/C12H17ClF2N2O/c13-12(14,15)11(18)8-9-6-7-17(16-9)10-4-2-1-3-5-10/h6-7,10-11,18H,1-5,8H2. The molecule has 0 radical (unpaired) electrons. The largest absolute Gasteiger partial charge is 0.385 e. The molecule has 102 valence electrons. The number of aliphatic hydroxyl groups excluding tert-OH is 1. The molecule has 1 fully saturated rings. The summed E-state index contributed by atoms with van der Waals surface area (Å²) in [4.78, 5) is 0. The molecular weight excluding hydrogens is 262 g/mol. The Morgan fingerprint density at radius 1 is 1.44 bits per heavy atom. The van der Waals surface area contributed by atoms with Crippen molar-refractivity contribution in [2.75, 3.05) is 0 Å². The monoisotopic (exact) mass is 278 g/mol. The highest BCUT2D eigenvalue weighted by Gasteiger charge is 2.36. The molecule has 0 aliphatic heterocycles. The van der Waals surface area contributed by atoms with Gasteiger partial charge in [0.15, 0.2) is 0 Å². The van der Waals surface area contributed by atoms with E-state index in [-0.39, 0.29) is 6.42 Å². The van der Waals surface area contributed by atoms with Crippen LogP contribution >= 0.6 is 11.6 Å². The van der Waals surface area contributed by atoms with E-state index in [9.17, 15) is 13.9 Å². The lowest BCUT2D eigenvalue weighted by atomic mass is 9.96. The first-order chi connectivity index (χ1) is 8.47. The Hall–Kier alpha value is -0.680. The van der Waals surface area contributed by atoms with Crippen LogP contribution in [0.15, 0.2) is 12.3 Å². The van der Waals surface area contributed by atoms with E-state index in [2.05, 4.69) is 5.10 Å². The highest BCUT2D eigenvalue weighted by molar-refractivity contribution is 6.22. The van der Waals surface area contributed by atoms with Gasteiger partial charge in [-0.3, -0.25) is 4.68 Å². The Bertz CT molecular complexity index is 386. The SMILES string of the molecule is OC(Cc1ccn(C2CCCCC2)n1)C(F)(F)Cl. The minimum atomic E-state index is -3.60. The van der Waals surface area contributed by atoms with Gasteiger partial charge < -0.3 is 5.11 Å². The van der Waals surface area contributed by atoms with Gasteiger partial charge in [0.05, 0.1) is 11.7 Å². The van der Waals surface area contributed by atoms with E-state index < -0.39 is 11.5 Å². The third-order valence-corrected chi connectivity index (χ3v) is 3.64. The van der Waals surface area contributed by atoms with Crippen LogP contribution in [-0.4, -0.2) is 26.4 Å². The van der Waals surface area contributed by atoms with Crippen molar-refractivity contribution in [3.63, 3.8) is 0 Å². The highest BCUT2D eigenvalue weighted by Crippen LogP contribution is 2.28. The number of rotatable bonds is 4. The van der Waals surface area contributed by atoms with Crippen LogP contribution in [0.25, 0.3) is 0 Å². The van der Waals surface area contributed by atoms with Crippen molar-refractivity contribution >= 4 is 11.6 Å². The zero-order valence-corrected chi connectivity index (χ0v) is 10.8. The number of aromatic nitrogens is 2. The number of hydrogen-bond acceptors (Lipinski definition) is 2. The average Bonchev–Trinajstić information content (AvgIpc) is 2.77. The van der Waals surface area contributed by atoms with E-state index in [0.29, 0.717) is 11.7 Å². The van der Waals surface area contributed by atoms with Crippen molar-refractivity contribution < 1.29 is 13.9 Å². The van der Waals surface area contributed by atoms with Gasteiger partial charge in [-0.1, -0.05) is 19.3 Å². The van der Waals surface area contributed by atoms with Crippen molar-refractivity contribution in [2.45, 2.75) is 56.1 Å². The first-order valence-electron chi connectivity index (χ1n) is 6.25. The van der Waals surface area contributed by atoms with Crippen LogP contribution in [-0.2, 0) is 6.42 Å². The molecule has 1 aromatic heterocycles. The molecule has 3 nitrogen and oxygen atoms in total. The molecule has 0 aromatic carbocycles. The molecule has 1 aliphatic rings. The Labute approximate surface area is 110 Å². The van der Waals surface area contributed by atoms with Gasteiger partial charge in [-0.05, 0) is 30.5 Å². The summed E-state index contributed by atoms with van der Waals surface area (Å²) in [6.45, 7) is 0. The van der Waals surface area contributed by atoms with Gasteiger partial charge in [-0.2, -0.15) is 13.9 Å². The molecule has 0 spiro atoms. The zero-order chi connectivity index (χ0) is 13.2. The molecule has 1 aromatic rings. The molecular formula is C12H17ClF2N2O. The number of aliphatic hydroxyl groups is 1. The molecule has 0 saturated heterocycles. The molecule has 2 rings (SSSR count). The van der Waals surface area contributed by atoms with E-state index in [1.54, 1.807) is 12.3 Å². The second kappa shape index (κ2) is 5.53. The van der Waals surface area contributed by atoms with Gasteiger partial charge in [0.1, 0.15) is 6.10 Å². The summed E-state index contributed by atoms with van der Waals surface area (Å²) >= 11 is 4.77. The van der Waals surface area contributed by atoms with E-state index in [1.165, 1.54) is 19.3 Å². The first-order valence-corrected chi connectivity index (χ1v) is 6.63. The predicted octanol–water partition coefficient (Wildman–Crippen LogP) is 3.12. The molecule has 1 atom stereocenters. The normalized spacial score (nSPS) is 20.0. The van der Waals surface area contributed by atoms with Gasteiger partial charge in [-0.25, -0.2) is 0 Å². The van der Waals surface area contributed by atoms with Crippen molar-refractivity contribution in [3.05, 3.63) is 18.0 Å². The number of hydrogen-bond donors (Lipinski definition) is 1. The van der Waals surface area contributed by atoms with Crippen LogP contribution < -0.4 is 0 Å². The fourth-order valence-corrected chi connectivity index (χ4v) is 2.43. The van der Waals surface area contributed by atoms with E-state index in [1.807, 2.05) is 4.68 Å². The van der Waals surface area contributed by atoms with Crippen LogP contribution in [0.2, 0.25) is 0 Å². The van der Waals surface area contributed by atoms with Crippen molar-refractivity contribution in [2.24, 2.45) is 0 Å². The van der Waals surface area contributed by atoms with Crippen molar-refractivity contribution in [1.82, 2.24) is 9.78 Å². The predicted molar refractivity (Wildman–Crippen MR) is 64.9 cm³/mol. The van der Waals surface area contributed by atoms with Crippen LogP contribution in [0.1, 0.15) is 43.8 Å². The summed E-state index contributed by atoms with van der Waals surface area (Å²) in [7, 11) is 0. The van der Waals surface area contributed by atoms with Gasteiger partial charge in [0, 0.05) is 12.6 Å². The summed E-state index contributed by atoms with van der Waals surface area (Å²) in [6.07, 6.45) is 5.45. The maximum atomic E-state index is 12.6. The zero-order valence-electron chi connectivity index (χ0n) is 10.0. The van der Waals surface area contributed by atoms with Crippen LogP contribution in [0.4, 0.5) is 8.78 Å². The fraction of sp³-hybridized carbons (Fsp3) is 0.750. The van der Waals surface area contributed by atoms with Crippen molar-refractivity contribution in [3.8, 4) is 0 Å². The molecule has 1 N–H and O–H groups in total. The summed E-state index contributed by atoms with van der Waals surface area (Å²) in [6, 6.07) is 2.03. The van der Waals surface area contributed by atoms with Crippen LogP contribution in [0.3, 0.4) is 0 Å². The summed E-state index contributed by atoms with van der Waals surface area (Å²) < 4.78 is 27.1. The van der Waals surface area contributed by atoms with E-state index in [0.717, 1.165) is 12.8 Å². The topological polar surface area (TPSA) is 38.0 Å². The molecule has 1 saturated carbocycles. The quantitative estimate of drug-likeness (QED) is 0.860. The Morgan fingerprint density at radius 2 is 2.11 bits per heavy atom. The fourth-order valence-electron chi connectivity index (χ4n) is 2.35. The number of halogens is 3. The molecule has 18 heavy (non-hydrogen) atoms. The first kappa shape index (κ1) is 13.7. The van der Waals surface area contributed by atoms with E-state index >= 15 is 0 Å². The lowest BCUT2D eigenvalue weighted by Gasteiger charge is -2.22. The third-order valence-electron chi connectivity index (χ3n) is 3.39. The molecule has 0 bridgehead atoms. The minimum absolute atomic E-state index is 0.226. The molecule has 1 heterocycles.